The van der Waals surface area contributed by atoms with Crippen LogP contribution in [0.3, 0.4) is 0 Å². The van der Waals surface area contributed by atoms with Crippen LogP contribution in [0.15, 0.2) is 5.51 Å². The van der Waals surface area contributed by atoms with Gasteiger partial charge in [-0.1, -0.05) is 11.3 Å². The standard InChI is InChI=1S/C6H8N4O3S/c1-13-10-5(12)2-4(11)8-6-9-7-3-14-6/h3H,2H2,1H3,(H,10,12)(H,8,9,11). The monoisotopic (exact) mass is 216 g/mol. The number of nitrogens with one attached hydrogen (secondary N) is 2. The number of aromatic nitrogens is 2. The molecule has 0 spiro atoms. The highest BCUT2D eigenvalue weighted by molar-refractivity contribution is 7.13. The summed E-state index contributed by atoms with van der Waals surface area (Å²) >= 11 is 1.17. The predicted octanol–water partition coefficient (Wildman–Crippen LogP) is -0.456. The highest BCUT2D eigenvalue weighted by Gasteiger charge is 2.10. The second-order valence-electron chi connectivity index (χ2n) is 2.20. The molecule has 1 aromatic rings. The summed E-state index contributed by atoms with van der Waals surface area (Å²) < 4.78 is 0. The van der Waals surface area contributed by atoms with Crippen molar-refractivity contribution in [1.82, 2.24) is 15.7 Å². The van der Waals surface area contributed by atoms with Gasteiger partial charge in [-0.2, -0.15) is 0 Å². The summed E-state index contributed by atoms with van der Waals surface area (Å²) in [6, 6.07) is 0. The molecule has 8 heteroatoms. The average molecular weight is 216 g/mol. The van der Waals surface area contributed by atoms with E-state index in [2.05, 4.69) is 20.4 Å². The fourth-order valence-corrected chi connectivity index (χ4v) is 1.15. The molecule has 2 N–H and O–H groups in total. The second-order valence-corrected chi connectivity index (χ2v) is 3.03. The zero-order valence-corrected chi connectivity index (χ0v) is 8.13. The van der Waals surface area contributed by atoms with Gasteiger partial charge in [0.2, 0.25) is 11.0 Å². The molecule has 2 amide bonds. The van der Waals surface area contributed by atoms with E-state index in [1.54, 1.807) is 0 Å². The Kier molecular flexibility index (Phi) is 3.95. The Morgan fingerprint density at radius 2 is 2.36 bits per heavy atom. The second kappa shape index (κ2) is 5.25. The molecule has 1 rings (SSSR count). The number of rotatable bonds is 4. The summed E-state index contributed by atoms with van der Waals surface area (Å²) in [5, 5.41) is 9.86. The van der Waals surface area contributed by atoms with Crippen molar-refractivity contribution < 1.29 is 14.4 Å². The van der Waals surface area contributed by atoms with E-state index in [-0.39, 0.29) is 6.42 Å². The molecular weight excluding hydrogens is 208 g/mol. The molecule has 0 aliphatic heterocycles. The van der Waals surface area contributed by atoms with Gasteiger partial charge in [0, 0.05) is 0 Å². The molecule has 0 unspecified atom stereocenters. The van der Waals surface area contributed by atoms with E-state index in [1.165, 1.54) is 24.0 Å². The molecule has 7 nitrogen and oxygen atoms in total. The third kappa shape index (κ3) is 3.46. The van der Waals surface area contributed by atoms with E-state index in [0.717, 1.165) is 0 Å². The van der Waals surface area contributed by atoms with Crippen LogP contribution in [0.1, 0.15) is 6.42 Å². The van der Waals surface area contributed by atoms with Crippen LogP contribution in [0.2, 0.25) is 0 Å². The number of carbonyl (C=O) groups excluding carboxylic acids is 2. The molecule has 0 aliphatic carbocycles. The highest BCUT2D eigenvalue weighted by Crippen LogP contribution is 2.07. The molecule has 0 aliphatic rings. The van der Waals surface area contributed by atoms with Crippen LogP contribution < -0.4 is 10.8 Å². The number of carbonyl (C=O) groups is 2. The fourth-order valence-electron chi connectivity index (χ4n) is 0.687. The van der Waals surface area contributed by atoms with Gasteiger partial charge in [-0.15, -0.1) is 10.2 Å². The zero-order valence-electron chi connectivity index (χ0n) is 7.31. The smallest absolute Gasteiger partial charge is 0.252 e. The topological polar surface area (TPSA) is 93.2 Å². The van der Waals surface area contributed by atoms with Gasteiger partial charge < -0.3 is 5.32 Å². The quantitative estimate of drug-likeness (QED) is 0.525. The summed E-state index contributed by atoms with van der Waals surface area (Å²) in [6.07, 6.45) is -0.312. The van der Waals surface area contributed by atoms with Crippen molar-refractivity contribution in [2.24, 2.45) is 0 Å². The van der Waals surface area contributed by atoms with Crippen molar-refractivity contribution in [1.29, 1.82) is 0 Å². The van der Waals surface area contributed by atoms with Gasteiger partial charge in [-0.3, -0.25) is 14.4 Å². The minimum absolute atomic E-state index is 0.312. The van der Waals surface area contributed by atoms with Crippen LogP contribution in [0.25, 0.3) is 0 Å². The number of anilines is 1. The van der Waals surface area contributed by atoms with Crippen LogP contribution in [0.5, 0.6) is 0 Å². The maximum atomic E-state index is 11.1. The first kappa shape index (κ1) is 10.5. The van der Waals surface area contributed by atoms with Crippen LogP contribution in [0.4, 0.5) is 5.13 Å². The summed E-state index contributed by atoms with van der Waals surface area (Å²) in [5.41, 5.74) is 3.50. The van der Waals surface area contributed by atoms with E-state index in [4.69, 9.17) is 0 Å². The van der Waals surface area contributed by atoms with Gasteiger partial charge in [0.1, 0.15) is 11.9 Å². The molecule has 1 aromatic heterocycles. The Morgan fingerprint density at radius 1 is 1.57 bits per heavy atom. The lowest BCUT2D eigenvalue weighted by molar-refractivity contribution is -0.134. The Labute approximate surface area is 83.4 Å². The number of nitrogens with zero attached hydrogens (tertiary/aromatic N) is 2. The Morgan fingerprint density at radius 3 is 2.93 bits per heavy atom. The van der Waals surface area contributed by atoms with Crippen LogP contribution in [-0.2, 0) is 14.4 Å². The van der Waals surface area contributed by atoms with Crippen molar-refractivity contribution in [2.75, 3.05) is 12.4 Å². The molecule has 0 radical (unpaired) electrons. The summed E-state index contributed by atoms with van der Waals surface area (Å²) in [7, 11) is 1.29. The van der Waals surface area contributed by atoms with Crippen LogP contribution in [0, 0.1) is 0 Å². The molecule has 0 fully saturated rings. The molecule has 1 heterocycles. The van der Waals surface area contributed by atoms with Gasteiger partial charge >= 0.3 is 0 Å². The maximum Gasteiger partial charge on any atom is 0.252 e. The summed E-state index contributed by atoms with van der Waals surface area (Å²) in [6.45, 7) is 0. The van der Waals surface area contributed by atoms with Crippen molar-refractivity contribution in [3.8, 4) is 0 Å². The van der Waals surface area contributed by atoms with Crippen LogP contribution in [-0.4, -0.2) is 29.1 Å². The van der Waals surface area contributed by atoms with E-state index >= 15 is 0 Å². The van der Waals surface area contributed by atoms with E-state index < -0.39 is 11.8 Å². The molecule has 14 heavy (non-hydrogen) atoms. The predicted molar refractivity (Wildman–Crippen MR) is 48.3 cm³/mol. The van der Waals surface area contributed by atoms with Gasteiger partial charge in [-0.25, -0.2) is 5.48 Å². The molecule has 76 valence electrons. The van der Waals surface area contributed by atoms with Crippen molar-refractivity contribution in [3.63, 3.8) is 0 Å². The van der Waals surface area contributed by atoms with Crippen molar-refractivity contribution >= 4 is 28.3 Å². The van der Waals surface area contributed by atoms with Gasteiger partial charge in [0.25, 0.3) is 5.91 Å². The van der Waals surface area contributed by atoms with E-state index in [1.807, 2.05) is 5.48 Å². The summed E-state index contributed by atoms with van der Waals surface area (Å²) in [4.78, 5) is 26.3. The SMILES string of the molecule is CONC(=O)CC(=O)Nc1nncs1. The maximum absolute atomic E-state index is 11.1. The van der Waals surface area contributed by atoms with Gasteiger partial charge in [0.05, 0.1) is 7.11 Å². The van der Waals surface area contributed by atoms with Gasteiger partial charge in [0.15, 0.2) is 0 Å². The third-order valence-electron chi connectivity index (χ3n) is 1.14. The zero-order chi connectivity index (χ0) is 10.4. The minimum Gasteiger partial charge on any atom is -0.300 e. The van der Waals surface area contributed by atoms with Crippen molar-refractivity contribution in [3.05, 3.63) is 5.51 Å². The Bertz CT molecular complexity index is 313. The molecule has 0 saturated carbocycles. The summed E-state index contributed by atoms with van der Waals surface area (Å²) in [5.74, 6) is -0.981. The van der Waals surface area contributed by atoms with E-state index in [0.29, 0.717) is 5.13 Å². The number of hydroxylamine groups is 1. The van der Waals surface area contributed by atoms with Crippen molar-refractivity contribution in [2.45, 2.75) is 6.42 Å². The minimum atomic E-state index is -0.519. The number of hydrogen-bond acceptors (Lipinski definition) is 6. The van der Waals surface area contributed by atoms with Crippen LogP contribution >= 0.6 is 11.3 Å². The molecule has 0 atom stereocenters. The Hall–Kier alpha value is -1.54. The molecular formula is C6H8N4O3S. The Balaban J connectivity index is 2.33. The van der Waals surface area contributed by atoms with E-state index in [9.17, 15) is 9.59 Å². The first-order chi connectivity index (χ1) is 6.72. The number of amides is 2. The third-order valence-corrected chi connectivity index (χ3v) is 1.75. The average Bonchev–Trinajstić information content (AvgIpc) is 2.56. The fraction of sp³-hybridized carbons (Fsp3) is 0.333. The lowest BCUT2D eigenvalue weighted by Gasteiger charge is -2.01. The molecule has 0 bridgehead atoms. The number of hydrogen-bond donors (Lipinski definition) is 2. The first-order valence-electron chi connectivity index (χ1n) is 3.60. The first-order valence-corrected chi connectivity index (χ1v) is 4.48. The molecule has 0 saturated heterocycles. The molecule has 0 aromatic carbocycles. The normalized spacial score (nSPS) is 9.50. The lowest BCUT2D eigenvalue weighted by atomic mass is 10.4. The highest BCUT2D eigenvalue weighted by atomic mass is 32.1. The van der Waals surface area contributed by atoms with Gasteiger partial charge in [-0.05, 0) is 0 Å². The largest absolute Gasteiger partial charge is 0.300 e. The lowest BCUT2D eigenvalue weighted by Crippen LogP contribution is -2.27.